The Kier molecular flexibility index (Phi) is 5.39. The van der Waals surface area contributed by atoms with Gasteiger partial charge in [-0.15, -0.1) is 0 Å². The van der Waals surface area contributed by atoms with Crippen molar-refractivity contribution in [2.75, 3.05) is 5.32 Å². The number of anilines is 1. The number of nitrogens with zero attached hydrogens (tertiary/aromatic N) is 1. The summed E-state index contributed by atoms with van der Waals surface area (Å²) < 4.78 is 0. The first kappa shape index (κ1) is 17.4. The van der Waals surface area contributed by atoms with Gasteiger partial charge in [-0.25, -0.2) is 0 Å². The molecule has 0 radical (unpaired) electrons. The minimum absolute atomic E-state index is 0.0245. The van der Waals surface area contributed by atoms with E-state index in [2.05, 4.69) is 5.32 Å². The molecule has 26 heavy (non-hydrogen) atoms. The van der Waals surface area contributed by atoms with Crippen LogP contribution >= 0.6 is 0 Å². The minimum atomic E-state index is -0.474. The molecule has 0 aliphatic rings. The fraction of sp³-hybridized carbons (Fsp3) is 0.0952. The number of rotatable bonds is 7. The normalized spacial score (nSPS) is 11.5. The van der Waals surface area contributed by atoms with Gasteiger partial charge in [0.1, 0.15) is 0 Å². The molecule has 3 aromatic rings. The molecule has 0 amide bonds. The minimum Gasteiger partial charge on any atom is -0.378 e. The van der Waals surface area contributed by atoms with E-state index in [0.717, 1.165) is 11.3 Å². The Morgan fingerprint density at radius 3 is 2.04 bits per heavy atom. The number of benzene rings is 3. The highest BCUT2D eigenvalue weighted by atomic mass is 16.6. The van der Waals surface area contributed by atoms with Gasteiger partial charge in [-0.05, 0) is 29.8 Å². The first-order valence-corrected chi connectivity index (χ1v) is 8.27. The van der Waals surface area contributed by atoms with Crippen LogP contribution in [0.25, 0.3) is 0 Å². The van der Waals surface area contributed by atoms with Crippen LogP contribution in [0.1, 0.15) is 28.4 Å². The van der Waals surface area contributed by atoms with Gasteiger partial charge in [-0.2, -0.15) is 0 Å². The van der Waals surface area contributed by atoms with Crippen molar-refractivity contribution < 1.29 is 9.72 Å². The molecule has 130 valence electrons. The average Bonchev–Trinajstić information content (AvgIpc) is 2.69. The van der Waals surface area contributed by atoms with Crippen molar-refractivity contribution in [2.45, 2.75) is 12.5 Å². The van der Waals surface area contributed by atoms with Crippen molar-refractivity contribution in [1.29, 1.82) is 0 Å². The molecule has 0 unspecified atom stereocenters. The molecular weight excluding hydrogens is 328 g/mol. The Balaban J connectivity index is 1.80. The molecule has 0 fully saturated rings. The smallest absolute Gasteiger partial charge is 0.269 e. The molecule has 0 saturated carbocycles. The van der Waals surface area contributed by atoms with E-state index in [1.165, 1.54) is 24.3 Å². The maximum absolute atomic E-state index is 12.7. The Morgan fingerprint density at radius 2 is 1.46 bits per heavy atom. The third-order valence-electron chi connectivity index (χ3n) is 4.11. The van der Waals surface area contributed by atoms with E-state index in [1.807, 2.05) is 60.7 Å². The highest BCUT2D eigenvalue weighted by molar-refractivity contribution is 5.96. The zero-order valence-electron chi connectivity index (χ0n) is 14.0. The first-order valence-electron chi connectivity index (χ1n) is 8.27. The van der Waals surface area contributed by atoms with Gasteiger partial charge in [0.2, 0.25) is 0 Å². The number of nitro groups is 1. The summed E-state index contributed by atoms with van der Waals surface area (Å²) in [4.78, 5) is 23.0. The second kappa shape index (κ2) is 8.07. The van der Waals surface area contributed by atoms with E-state index in [0.29, 0.717) is 5.56 Å². The van der Waals surface area contributed by atoms with Crippen molar-refractivity contribution in [3.8, 4) is 0 Å². The van der Waals surface area contributed by atoms with Crippen LogP contribution in [0.5, 0.6) is 0 Å². The summed E-state index contributed by atoms with van der Waals surface area (Å²) in [5, 5.41) is 14.2. The lowest BCUT2D eigenvalue weighted by atomic mass is 9.97. The zero-order chi connectivity index (χ0) is 18.4. The van der Waals surface area contributed by atoms with Gasteiger partial charge in [0.05, 0.1) is 11.0 Å². The van der Waals surface area contributed by atoms with Crippen LogP contribution in [0, 0.1) is 10.1 Å². The largest absolute Gasteiger partial charge is 0.378 e. The van der Waals surface area contributed by atoms with Gasteiger partial charge in [0, 0.05) is 29.8 Å². The lowest BCUT2D eigenvalue weighted by Gasteiger charge is -2.20. The summed E-state index contributed by atoms with van der Waals surface area (Å²) in [6.45, 7) is 0. The maximum Gasteiger partial charge on any atom is 0.269 e. The quantitative estimate of drug-likeness (QED) is 0.370. The van der Waals surface area contributed by atoms with Crippen molar-refractivity contribution in [3.63, 3.8) is 0 Å². The lowest BCUT2D eigenvalue weighted by molar-refractivity contribution is -0.384. The van der Waals surface area contributed by atoms with Crippen LogP contribution in [0.2, 0.25) is 0 Å². The van der Waals surface area contributed by atoms with Crippen LogP contribution in [-0.4, -0.2) is 10.7 Å². The van der Waals surface area contributed by atoms with Gasteiger partial charge in [0.25, 0.3) is 5.69 Å². The number of non-ortho nitro benzene ring substituents is 1. The van der Waals surface area contributed by atoms with Crippen molar-refractivity contribution in [1.82, 2.24) is 0 Å². The van der Waals surface area contributed by atoms with E-state index in [1.54, 1.807) is 0 Å². The Morgan fingerprint density at radius 1 is 0.885 bits per heavy atom. The number of Topliss-reactive ketones (excluding diaryl/α,β-unsaturated/α-hetero) is 1. The van der Waals surface area contributed by atoms with Gasteiger partial charge >= 0.3 is 0 Å². The van der Waals surface area contributed by atoms with E-state index in [-0.39, 0.29) is 23.9 Å². The zero-order valence-corrected chi connectivity index (χ0v) is 14.0. The predicted octanol–water partition coefficient (Wildman–Crippen LogP) is 5.02. The van der Waals surface area contributed by atoms with Gasteiger partial charge < -0.3 is 5.32 Å². The molecule has 5 nitrogen and oxygen atoms in total. The molecule has 0 aliphatic heterocycles. The number of carbonyl (C=O) groups excluding carboxylic acids is 1. The van der Waals surface area contributed by atoms with E-state index >= 15 is 0 Å². The summed E-state index contributed by atoms with van der Waals surface area (Å²) in [7, 11) is 0. The third kappa shape index (κ3) is 4.33. The molecule has 3 rings (SSSR count). The van der Waals surface area contributed by atoms with Crippen LogP contribution in [-0.2, 0) is 0 Å². The van der Waals surface area contributed by atoms with Crippen LogP contribution in [0.3, 0.4) is 0 Å². The van der Waals surface area contributed by atoms with E-state index in [9.17, 15) is 14.9 Å². The van der Waals surface area contributed by atoms with Crippen molar-refractivity contribution >= 4 is 17.2 Å². The Hall–Kier alpha value is -3.47. The second-order valence-corrected chi connectivity index (χ2v) is 5.90. The molecule has 0 heterocycles. The fourth-order valence-electron chi connectivity index (χ4n) is 2.75. The number of hydrogen-bond donors (Lipinski definition) is 1. The molecule has 3 aromatic carbocycles. The molecule has 5 heteroatoms. The van der Waals surface area contributed by atoms with Gasteiger partial charge in [-0.1, -0.05) is 48.5 Å². The number of hydrogen-bond acceptors (Lipinski definition) is 4. The number of nitro benzene ring substituents is 1. The Labute approximate surface area is 151 Å². The standard InChI is InChI=1S/C21H18N2O3/c24-21(17-11-13-19(14-12-17)23(25)26)15-20(16-7-3-1-4-8-16)22-18-9-5-2-6-10-18/h1-14,20,22H,15H2/t20-/m0/s1. The van der Waals surface area contributed by atoms with Gasteiger partial charge in [0.15, 0.2) is 5.78 Å². The maximum atomic E-state index is 12.7. The molecular formula is C21H18N2O3. The molecule has 0 aromatic heterocycles. The number of para-hydroxylation sites is 1. The van der Waals surface area contributed by atoms with Crippen LogP contribution < -0.4 is 5.32 Å². The summed E-state index contributed by atoms with van der Waals surface area (Å²) in [6, 6.07) is 25.0. The van der Waals surface area contributed by atoms with Crippen molar-refractivity contribution in [3.05, 3.63) is 106 Å². The van der Waals surface area contributed by atoms with E-state index in [4.69, 9.17) is 0 Å². The number of ketones is 1. The fourth-order valence-corrected chi connectivity index (χ4v) is 2.75. The molecule has 0 aliphatic carbocycles. The van der Waals surface area contributed by atoms with Crippen LogP contribution in [0.4, 0.5) is 11.4 Å². The lowest BCUT2D eigenvalue weighted by Crippen LogP contribution is -2.15. The van der Waals surface area contributed by atoms with Crippen LogP contribution in [0.15, 0.2) is 84.9 Å². The van der Waals surface area contributed by atoms with E-state index < -0.39 is 4.92 Å². The number of carbonyl (C=O) groups is 1. The molecule has 0 saturated heterocycles. The summed E-state index contributed by atoms with van der Waals surface area (Å²) in [5.74, 6) is -0.0721. The van der Waals surface area contributed by atoms with Crippen molar-refractivity contribution in [2.24, 2.45) is 0 Å². The Bertz CT molecular complexity index is 878. The highest BCUT2D eigenvalue weighted by Crippen LogP contribution is 2.25. The predicted molar refractivity (Wildman–Crippen MR) is 101 cm³/mol. The topological polar surface area (TPSA) is 72.2 Å². The SMILES string of the molecule is O=C(C[C@H](Nc1ccccc1)c1ccccc1)c1ccc([N+](=O)[O-])cc1. The molecule has 1 atom stereocenters. The second-order valence-electron chi connectivity index (χ2n) is 5.90. The first-order chi connectivity index (χ1) is 12.6. The molecule has 0 spiro atoms. The number of nitrogens with one attached hydrogen (secondary N) is 1. The highest BCUT2D eigenvalue weighted by Gasteiger charge is 2.18. The molecule has 0 bridgehead atoms. The summed E-state index contributed by atoms with van der Waals surface area (Å²) in [6.07, 6.45) is 0.247. The monoisotopic (exact) mass is 346 g/mol. The average molecular weight is 346 g/mol. The molecule has 1 N–H and O–H groups in total. The summed E-state index contributed by atoms with van der Waals surface area (Å²) in [5.41, 5.74) is 2.37. The summed E-state index contributed by atoms with van der Waals surface area (Å²) >= 11 is 0. The third-order valence-corrected chi connectivity index (χ3v) is 4.11. The van der Waals surface area contributed by atoms with Gasteiger partial charge in [-0.3, -0.25) is 14.9 Å².